The molecule has 0 aromatic heterocycles. The number of ether oxygens (including phenoxy) is 1. The predicted molar refractivity (Wildman–Crippen MR) is 94.0 cm³/mol. The van der Waals surface area contributed by atoms with Gasteiger partial charge in [0.25, 0.3) is 5.91 Å². The van der Waals surface area contributed by atoms with Crippen LogP contribution in [0.4, 0.5) is 11.4 Å². The second kappa shape index (κ2) is 6.76. The van der Waals surface area contributed by atoms with Gasteiger partial charge in [0.05, 0.1) is 12.2 Å². The molecule has 0 bridgehead atoms. The van der Waals surface area contributed by atoms with Crippen molar-refractivity contribution in [3.8, 4) is 5.75 Å². The van der Waals surface area contributed by atoms with Gasteiger partial charge < -0.3 is 15.0 Å². The van der Waals surface area contributed by atoms with Gasteiger partial charge in [-0.25, -0.2) is 0 Å². The zero-order valence-electron chi connectivity index (χ0n) is 14.0. The van der Waals surface area contributed by atoms with Crippen LogP contribution in [0.25, 0.3) is 0 Å². The number of hydrogen-bond acceptors (Lipinski definition) is 4. The van der Waals surface area contributed by atoms with Crippen LogP contribution in [0.2, 0.25) is 0 Å². The average Bonchev–Trinajstić information content (AvgIpc) is 2.61. The Bertz CT molecular complexity index is 830. The molecule has 3 rings (SSSR count). The monoisotopic (exact) mass is 338 g/mol. The third-order valence-corrected chi connectivity index (χ3v) is 4.01. The summed E-state index contributed by atoms with van der Waals surface area (Å²) in [5.74, 6) is -0.0473. The molecule has 6 nitrogen and oxygen atoms in total. The molecule has 0 unspecified atom stereocenters. The first kappa shape index (κ1) is 16.7. The first-order valence-corrected chi connectivity index (χ1v) is 7.91. The summed E-state index contributed by atoms with van der Waals surface area (Å²) < 4.78 is 5.75. The standard InChI is InChI=1S/C19H18N2O4/c1-12(22)14-7-9-15(10-8-14)20-19(24)18-11-21(13(2)23)16-5-3-4-6-17(16)25-18/h3-10,18H,11H2,1-2H3,(H,20,24)/t18-/m1/s1. The topological polar surface area (TPSA) is 75.7 Å². The summed E-state index contributed by atoms with van der Waals surface area (Å²) in [7, 11) is 0. The maximum Gasteiger partial charge on any atom is 0.267 e. The van der Waals surface area contributed by atoms with Crippen molar-refractivity contribution in [2.75, 3.05) is 16.8 Å². The molecule has 1 atom stereocenters. The van der Waals surface area contributed by atoms with Crippen LogP contribution in [0.1, 0.15) is 24.2 Å². The van der Waals surface area contributed by atoms with Crippen LogP contribution in [0.3, 0.4) is 0 Å². The number of carbonyl (C=O) groups is 3. The fourth-order valence-electron chi connectivity index (χ4n) is 2.68. The molecule has 0 saturated heterocycles. The SMILES string of the molecule is CC(=O)c1ccc(NC(=O)[C@H]2CN(C(C)=O)c3ccccc3O2)cc1. The van der Waals surface area contributed by atoms with Crippen molar-refractivity contribution in [2.45, 2.75) is 20.0 Å². The Morgan fingerprint density at radius 2 is 1.72 bits per heavy atom. The van der Waals surface area contributed by atoms with E-state index in [4.69, 9.17) is 4.74 Å². The Labute approximate surface area is 145 Å². The van der Waals surface area contributed by atoms with Crippen LogP contribution in [-0.4, -0.2) is 30.2 Å². The van der Waals surface area contributed by atoms with E-state index in [1.165, 1.54) is 18.7 Å². The molecule has 0 fully saturated rings. The zero-order valence-corrected chi connectivity index (χ0v) is 14.0. The van der Waals surface area contributed by atoms with Gasteiger partial charge in [-0.05, 0) is 43.3 Å². The fraction of sp³-hybridized carbons (Fsp3) is 0.211. The van der Waals surface area contributed by atoms with Crippen molar-refractivity contribution < 1.29 is 19.1 Å². The van der Waals surface area contributed by atoms with Crippen molar-refractivity contribution in [1.29, 1.82) is 0 Å². The molecule has 1 aliphatic heterocycles. The van der Waals surface area contributed by atoms with E-state index in [1.54, 1.807) is 42.5 Å². The van der Waals surface area contributed by atoms with Crippen LogP contribution in [0, 0.1) is 0 Å². The normalized spacial score (nSPS) is 15.8. The van der Waals surface area contributed by atoms with Crippen LogP contribution in [0.5, 0.6) is 5.75 Å². The molecule has 1 heterocycles. The largest absolute Gasteiger partial charge is 0.476 e. The highest BCUT2D eigenvalue weighted by Crippen LogP contribution is 2.33. The van der Waals surface area contributed by atoms with E-state index < -0.39 is 6.10 Å². The molecule has 1 N–H and O–H groups in total. The highest BCUT2D eigenvalue weighted by atomic mass is 16.5. The Morgan fingerprint density at radius 1 is 1.04 bits per heavy atom. The zero-order chi connectivity index (χ0) is 18.0. The Morgan fingerprint density at radius 3 is 2.36 bits per heavy atom. The summed E-state index contributed by atoms with van der Waals surface area (Å²) in [6.45, 7) is 3.08. The summed E-state index contributed by atoms with van der Waals surface area (Å²) in [6, 6.07) is 13.7. The Hall–Kier alpha value is -3.15. The van der Waals surface area contributed by atoms with Crippen molar-refractivity contribution in [1.82, 2.24) is 0 Å². The smallest absolute Gasteiger partial charge is 0.267 e. The Kier molecular flexibility index (Phi) is 4.52. The number of Topliss-reactive ketones (excluding diaryl/α,β-unsaturated/α-hetero) is 1. The molecular weight excluding hydrogens is 320 g/mol. The number of para-hydroxylation sites is 2. The van der Waals surface area contributed by atoms with Gasteiger partial charge in [-0.2, -0.15) is 0 Å². The van der Waals surface area contributed by atoms with Crippen molar-refractivity contribution in [2.24, 2.45) is 0 Å². The van der Waals surface area contributed by atoms with Gasteiger partial charge in [0.2, 0.25) is 5.91 Å². The summed E-state index contributed by atoms with van der Waals surface area (Å²) in [5, 5.41) is 2.75. The van der Waals surface area contributed by atoms with E-state index in [0.717, 1.165) is 0 Å². The van der Waals surface area contributed by atoms with Gasteiger partial charge in [0, 0.05) is 18.2 Å². The van der Waals surface area contributed by atoms with Gasteiger partial charge in [-0.1, -0.05) is 12.1 Å². The number of nitrogens with zero attached hydrogens (tertiary/aromatic N) is 1. The number of ketones is 1. The van der Waals surface area contributed by atoms with E-state index in [-0.39, 0.29) is 24.1 Å². The lowest BCUT2D eigenvalue weighted by Crippen LogP contribution is -2.48. The van der Waals surface area contributed by atoms with E-state index >= 15 is 0 Å². The molecule has 0 radical (unpaired) electrons. The lowest BCUT2D eigenvalue weighted by Gasteiger charge is -2.33. The highest BCUT2D eigenvalue weighted by molar-refractivity contribution is 6.00. The van der Waals surface area contributed by atoms with E-state index in [2.05, 4.69) is 5.32 Å². The molecule has 0 spiro atoms. The lowest BCUT2D eigenvalue weighted by atomic mass is 10.1. The second-order valence-corrected chi connectivity index (χ2v) is 5.83. The number of rotatable bonds is 3. The molecule has 6 heteroatoms. The van der Waals surface area contributed by atoms with Crippen LogP contribution < -0.4 is 15.0 Å². The maximum atomic E-state index is 12.5. The number of anilines is 2. The van der Waals surface area contributed by atoms with E-state index in [9.17, 15) is 14.4 Å². The van der Waals surface area contributed by atoms with Gasteiger partial charge in [-0.3, -0.25) is 14.4 Å². The van der Waals surface area contributed by atoms with Gasteiger partial charge in [0.1, 0.15) is 5.75 Å². The molecule has 0 aliphatic carbocycles. The molecule has 0 saturated carbocycles. The van der Waals surface area contributed by atoms with Crippen LogP contribution in [0.15, 0.2) is 48.5 Å². The van der Waals surface area contributed by atoms with Crippen molar-refractivity contribution in [3.63, 3.8) is 0 Å². The fourth-order valence-corrected chi connectivity index (χ4v) is 2.68. The minimum absolute atomic E-state index is 0.0396. The maximum absolute atomic E-state index is 12.5. The number of carbonyl (C=O) groups excluding carboxylic acids is 3. The summed E-state index contributed by atoms with van der Waals surface area (Å²) >= 11 is 0. The minimum Gasteiger partial charge on any atom is -0.476 e. The van der Waals surface area contributed by atoms with E-state index in [0.29, 0.717) is 22.7 Å². The Balaban J connectivity index is 1.76. The number of hydrogen-bond donors (Lipinski definition) is 1. The number of benzene rings is 2. The van der Waals surface area contributed by atoms with E-state index in [1.807, 2.05) is 6.07 Å². The number of nitrogens with one attached hydrogen (secondary N) is 1. The molecule has 2 aromatic rings. The molecule has 2 amide bonds. The van der Waals surface area contributed by atoms with Gasteiger partial charge >= 0.3 is 0 Å². The first-order chi connectivity index (χ1) is 12.0. The number of fused-ring (bicyclic) bond motifs is 1. The first-order valence-electron chi connectivity index (χ1n) is 7.91. The average molecular weight is 338 g/mol. The third-order valence-electron chi connectivity index (χ3n) is 4.01. The highest BCUT2D eigenvalue weighted by Gasteiger charge is 2.32. The molecule has 128 valence electrons. The van der Waals surface area contributed by atoms with Crippen LogP contribution >= 0.6 is 0 Å². The summed E-state index contributed by atoms with van der Waals surface area (Å²) in [6.07, 6.45) is -0.814. The van der Waals surface area contributed by atoms with Crippen molar-refractivity contribution >= 4 is 29.0 Å². The lowest BCUT2D eigenvalue weighted by molar-refractivity contribution is -0.123. The molecule has 1 aliphatic rings. The number of amides is 2. The predicted octanol–water partition coefficient (Wildman–Crippen LogP) is 2.64. The third kappa shape index (κ3) is 3.52. The molecule has 25 heavy (non-hydrogen) atoms. The summed E-state index contributed by atoms with van der Waals surface area (Å²) in [5.41, 5.74) is 1.79. The quantitative estimate of drug-likeness (QED) is 0.873. The van der Waals surface area contributed by atoms with Gasteiger partial charge in [0.15, 0.2) is 11.9 Å². The molecule has 2 aromatic carbocycles. The van der Waals surface area contributed by atoms with Crippen LogP contribution in [-0.2, 0) is 9.59 Å². The minimum atomic E-state index is -0.814. The summed E-state index contributed by atoms with van der Waals surface area (Å²) in [4.78, 5) is 37.2. The van der Waals surface area contributed by atoms with Crippen molar-refractivity contribution in [3.05, 3.63) is 54.1 Å². The molecular formula is C19H18N2O4. The second-order valence-electron chi connectivity index (χ2n) is 5.83. The van der Waals surface area contributed by atoms with Gasteiger partial charge in [-0.15, -0.1) is 0 Å².